The van der Waals surface area contributed by atoms with Crippen LogP contribution in [0.5, 0.6) is 5.75 Å². The van der Waals surface area contributed by atoms with Crippen LogP contribution in [-0.2, 0) is 20.9 Å². The van der Waals surface area contributed by atoms with Gasteiger partial charge >= 0.3 is 6.09 Å². The van der Waals surface area contributed by atoms with Crippen molar-refractivity contribution in [1.29, 1.82) is 0 Å². The second-order valence-corrected chi connectivity index (χ2v) is 10.9. The normalized spacial score (nSPS) is 12.9. The number of aromatic hydroxyl groups is 1. The van der Waals surface area contributed by atoms with Crippen LogP contribution in [-0.4, -0.2) is 46.1 Å². The van der Waals surface area contributed by atoms with E-state index < -0.39 is 35.6 Å². The smallest absolute Gasteiger partial charge is 0.408 e. The standard InChI is InChI=1S/C30H43N3O5/c1-8-9-18-33(28(36)24(20(2)3)32-29(37)38-30(5,6)7)25(23-17-13-14-21(4)26(23)34)27(35)31-19-22-15-11-10-12-16-22/h10-17,20,24-25,34H,8-9,18-19H2,1-7H3,(H,31,35)(H,32,37). The van der Waals surface area contributed by atoms with E-state index in [1.54, 1.807) is 45.9 Å². The van der Waals surface area contributed by atoms with E-state index in [-0.39, 0.29) is 24.8 Å². The molecule has 0 bridgehead atoms. The Labute approximate surface area is 226 Å². The van der Waals surface area contributed by atoms with Crippen molar-refractivity contribution >= 4 is 17.9 Å². The molecule has 0 saturated carbocycles. The molecule has 0 heterocycles. The van der Waals surface area contributed by atoms with Gasteiger partial charge in [-0.1, -0.05) is 75.7 Å². The lowest BCUT2D eigenvalue weighted by molar-refractivity contribution is -0.143. The summed E-state index contributed by atoms with van der Waals surface area (Å²) in [5.74, 6) is -1.15. The Morgan fingerprint density at radius 2 is 1.68 bits per heavy atom. The first-order chi connectivity index (χ1) is 17.9. The fraction of sp³-hybridized carbons (Fsp3) is 0.500. The van der Waals surface area contributed by atoms with E-state index in [1.165, 1.54) is 4.90 Å². The predicted octanol–water partition coefficient (Wildman–Crippen LogP) is 5.24. The van der Waals surface area contributed by atoms with Crippen molar-refractivity contribution in [2.45, 2.75) is 85.5 Å². The number of hydrogen-bond donors (Lipinski definition) is 3. The molecule has 0 aliphatic heterocycles. The summed E-state index contributed by atoms with van der Waals surface area (Å²) in [6, 6.07) is 12.6. The van der Waals surface area contributed by atoms with Gasteiger partial charge in [0.2, 0.25) is 11.8 Å². The highest BCUT2D eigenvalue weighted by molar-refractivity contribution is 5.92. The molecular formula is C30H43N3O5. The highest BCUT2D eigenvalue weighted by Gasteiger charge is 2.38. The molecule has 2 unspecified atom stereocenters. The molecular weight excluding hydrogens is 482 g/mol. The lowest BCUT2D eigenvalue weighted by atomic mass is 9.96. The molecule has 2 rings (SSSR count). The van der Waals surface area contributed by atoms with Crippen molar-refractivity contribution in [3.8, 4) is 5.75 Å². The van der Waals surface area contributed by atoms with Gasteiger partial charge in [0.25, 0.3) is 0 Å². The maximum absolute atomic E-state index is 14.1. The zero-order valence-corrected chi connectivity index (χ0v) is 23.7. The first kappa shape index (κ1) is 30.7. The summed E-state index contributed by atoms with van der Waals surface area (Å²) in [7, 11) is 0. The molecule has 0 aliphatic rings. The number of carbonyl (C=O) groups excluding carboxylic acids is 3. The van der Waals surface area contributed by atoms with Crippen LogP contribution in [0.25, 0.3) is 0 Å². The van der Waals surface area contributed by atoms with Gasteiger partial charge in [-0.2, -0.15) is 0 Å². The van der Waals surface area contributed by atoms with Crippen molar-refractivity contribution < 1.29 is 24.2 Å². The minimum atomic E-state index is -1.10. The fourth-order valence-electron chi connectivity index (χ4n) is 4.06. The van der Waals surface area contributed by atoms with Gasteiger partial charge in [-0.15, -0.1) is 0 Å². The van der Waals surface area contributed by atoms with E-state index in [0.29, 0.717) is 17.5 Å². The number of hydrogen-bond acceptors (Lipinski definition) is 5. The monoisotopic (exact) mass is 525 g/mol. The second kappa shape index (κ2) is 13.8. The first-order valence-corrected chi connectivity index (χ1v) is 13.3. The second-order valence-electron chi connectivity index (χ2n) is 10.9. The molecule has 0 spiro atoms. The molecule has 8 nitrogen and oxygen atoms in total. The van der Waals surface area contributed by atoms with E-state index in [9.17, 15) is 19.5 Å². The van der Waals surface area contributed by atoms with E-state index in [4.69, 9.17) is 4.74 Å². The number of phenols is 1. The minimum Gasteiger partial charge on any atom is -0.507 e. The van der Waals surface area contributed by atoms with Gasteiger partial charge < -0.3 is 25.4 Å². The van der Waals surface area contributed by atoms with Crippen LogP contribution in [0.2, 0.25) is 0 Å². The number of ether oxygens (including phenoxy) is 1. The Morgan fingerprint density at radius 1 is 1.03 bits per heavy atom. The van der Waals surface area contributed by atoms with Crippen LogP contribution in [0.3, 0.4) is 0 Å². The molecule has 2 aromatic carbocycles. The van der Waals surface area contributed by atoms with Gasteiger partial charge in [-0.3, -0.25) is 9.59 Å². The lowest BCUT2D eigenvalue weighted by Gasteiger charge is -2.36. The molecule has 2 aromatic rings. The van der Waals surface area contributed by atoms with Crippen LogP contribution in [0.1, 0.15) is 77.1 Å². The number of nitrogens with one attached hydrogen (secondary N) is 2. The van der Waals surface area contributed by atoms with Crippen LogP contribution in [0.4, 0.5) is 4.79 Å². The minimum absolute atomic E-state index is 0.0390. The van der Waals surface area contributed by atoms with Crippen molar-refractivity contribution in [2.24, 2.45) is 5.92 Å². The molecule has 2 atom stereocenters. The molecule has 0 fully saturated rings. The molecule has 38 heavy (non-hydrogen) atoms. The fourth-order valence-corrected chi connectivity index (χ4v) is 4.06. The van der Waals surface area contributed by atoms with Crippen molar-refractivity contribution in [1.82, 2.24) is 15.5 Å². The molecule has 0 saturated heterocycles. The zero-order valence-electron chi connectivity index (χ0n) is 23.7. The number of aryl methyl sites for hydroxylation is 1. The molecule has 3 N–H and O–H groups in total. The van der Waals surface area contributed by atoms with Crippen LogP contribution in [0.15, 0.2) is 48.5 Å². The number of unbranched alkanes of at least 4 members (excludes halogenated alkanes) is 1. The summed E-state index contributed by atoms with van der Waals surface area (Å²) in [5.41, 5.74) is 1.11. The summed E-state index contributed by atoms with van der Waals surface area (Å²) in [5, 5.41) is 16.6. The third kappa shape index (κ3) is 8.78. The van der Waals surface area contributed by atoms with Gasteiger partial charge in [-0.25, -0.2) is 4.79 Å². The van der Waals surface area contributed by atoms with E-state index >= 15 is 0 Å². The Balaban J connectivity index is 2.50. The van der Waals surface area contributed by atoms with Gasteiger partial charge in [-0.05, 0) is 51.2 Å². The molecule has 8 heteroatoms. The van der Waals surface area contributed by atoms with Crippen LogP contribution < -0.4 is 10.6 Å². The molecule has 3 amide bonds. The third-order valence-electron chi connectivity index (χ3n) is 6.07. The van der Waals surface area contributed by atoms with Crippen LogP contribution >= 0.6 is 0 Å². The van der Waals surface area contributed by atoms with Crippen LogP contribution in [0, 0.1) is 12.8 Å². The molecule has 0 aliphatic carbocycles. The van der Waals surface area contributed by atoms with Gasteiger partial charge in [0.15, 0.2) is 0 Å². The number of alkyl carbamates (subject to hydrolysis) is 1. The zero-order chi connectivity index (χ0) is 28.5. The van der Waals surface area contributed by atoms with Gasteiger partial charge in [0, 0.05) is 18.7 Å². The number of rotatable bonds is 11. The summed E-state index contributed by atoms with van der Waals surface area (Å²) in [6.07, 6.45) is 0.717. The largest absolute Gasteiger partial charge is 0.507 e. The summed E-state index contributed by atoms with van der Waals surface area (Å²) in [4.78, 5) is 41.9. The number of nitrogens with zero attached hydrogens (tertiary/aromatic N) is 1. The summed E-state index contributed by atoms with van der Waals surface area (Å²) < 4.78 is 5.40. The maximum atomic E-state index is 14.1. The van der Waals surface area contributed by atoms with Crippen molar-refractivity contribution in [3.05, 3.63) is 65.2 Å². The van der Waals surface area contributed by atoms with E-state index in [0.717, 1.165) is 12.0 Å². The SMILES string of the molecule is CCCCN(C(=O)C(NC(=O)OC(C)(C)C)C(C)C)C(C(=O)NCc1ccccc1)c1cccc(C)c1O. The number of carbonyl (C=O) groups is 3. The van der Waals surface area contributed by atoms with Crippen molar-refractivity contribution in [3.63, 3.8) is 0 Å². The Hall–Kier alpha value is -3.55. The molecule has 0 radical (unpaired) electrons. The van der Waals surface area contributed by atoms with E-state index in [1.807, 2.05) is 51.1 Å². The maximum Gasteiger partial charge on any atom is 0.408 e. The summed E-state index contributed by atoms with van der Waals surface area (Å²) in [6.45, 7) is 13.2. The number of benzene rings is 2. The lowest BCUT2D eigenvalue weighted by Crippen LogP contribution is -2.55. The highest BCUT2D eigenvalue weighted by atomic mass is 16.6. The quantitative estimate of drug-likeness (QED) is 0.372. The van der Waals surface area contributed by atoms with E-state index in [2.05, 4.69) is 10.6 Å². The van der Waals surface area contributed by atoms with Gasteiger partial charge in [0.1, 0.15) is 23.4 Å². The Morgan fingerprint density at radius 3 is 2.26 bits per heavy atom. The molecule has 0 aromatic heterocycles. The Kier molecular flexibility index (Phi) is 11.2. The Bertz CT molecular complexity index is 1080. The summed E-state index contributed by atoms with van der Waals surface area (Å²) >= 11 is 0. The van der Waals surface area contributed by atoms with Gasteiger partial charge in [0.05, 0.1) is 0 Å². The number of phenolic OH excluding ortho intramolecular Hbond substituents is 1. The molecule has 208 valence electrons. The highest BCUT2D eigenvalue weighted by Crippen LogP contribution is 2.33. The topological polar surface area (TPSA) is 108 Å². The number of amides is 3. The van der Waals surface area contributed by atoms with Crippen molar-refractivity contribution in [2.75, 3.05) is 6.54 Å². The number of para-hydroxylation sites is 1. The predicted molar refractivity (Wildman–Crippen MR) is 148 cm³/mol. The average Bonchev–Trinajstić information content (AvgIpc) is 2.85. The third-order valence-corrected chi connectivity index (χ3v) is 6.07. The average molecular weight is 526 g/mol. The first-order valence-electron chi connectivity index (χ1n) is 13.3.